The summed E-state index contributed by atoms with van der Waals surface area (Å²) in [5, 5.41) is 8.46. The van der Waals surface area contributed by atoms with Gasteiger partial charge < -0.3 is 10.8 Å². The summed E-state index contributed by atoms with van der Waals surface area (Å²) in [6, 6.07) is 3.57. The Kier molecular flexibility index (Phi) is 2.67. The lowest BCUT2D eigenvalue weighted by atomic mass is 10.2. The highest BCUT2D eigenvalue weighted by molar-refractivity contribution is 5.41. The molecule has 1 aromatic rings. The van der Waals surface area contributed by atoms with Crippen molar-refractivity contribution in [3.63, 3.8) is 0 Å². The van der Waals surface area contributed by atoms with E-state index in [1.165, 1.54) is 0 Å². The summed E-state index contributed by atoms with van der Waals surface area (Å²) in [5.74, 6) is 5.68. The van der Waals surface area contributed by atoms with Crippen molar-refractivity contribution >= 4 is 5.82 Å². The lowest BCUT2D eigenvalue weighted by Crippen LogP contribution is -1.94. The fourth-order valence-electron chi connectivity index (χ4n) is 0.794. The van der Waals surface area contributed by atoms with Crippen molar-refractivity contribution < 1.29 is 5.11 Å². The normalized spacial score (nSPS) is 8.83. The van der Waals surface area contributed by atoms with Gasteiger partial charge in [0.2, 0.25) is 0 Å². The molecule has 0 amide bonds. The molecule has 3 heteroatoms. The van der Waals surface area contributed by atoms with Crippen LogP contribution in [0.1, 0.15) is 11.3 Å². The highest BCUT2D eigenvalue weighted by Gasteiger charge is 1.95. The van der Waals surface area contributed by atoms with Gasteiger partial charge in [0, 0.05) is 0 Å². The Morgan fingerprint density at radius 1 is 1.58 bits per heavy atom. The molecule has 0 saturated heterocycles. The molecule has 0 aliphatic heterocycles. The topological polar surface area (TPSA) is 59.1 Å². The number of hydrogen-bond donors (Lipinski definition) is 2. The van der Waals surface area contributed by atoms with Crippen LogP contribution in [0.25, 0.3) is 0 Å². The number of aliphatic hydroxyl groups is 1. The number of nitrogen functional groups attached to an aromatic ring is 1. The average Bonchev–Trinajstić information content (AvgIpc) is 2.07. The van der Waals surface area contributed by atoms with E-state index in [4.69, 9.17) is 10.8 Å². The van der Waals surface area contributed by atoms with Crippen molar-refractivity contribution in [3.05, 3.63) is 23.4 Å². The summed E-state index contributed by atoms with van der Waals surface area (Å²) < 4.78 is 0. The number of anilines is 1. The molecule has 1 aromatic heterocycles. The fourth-order valence-corrected chi connectivity index (χ4v) is 0.794. The molecule has 0 saturated carbocycles. The smallest absolute Gasteiger partial charge is 0.124 e. The van der Waals surface area contributed by atoms with Gasteiger partial charge in [-0.3, -0.25) is 0 Å². The summed E-state index contributed by atoms with van der Waals surface area (Å²) in [7, 11) is 0. The van der Waals surface area contributed by atoms with Crippen LogP contribution in [0.2, 0.25) is 0 Å². The first-order valence-electron chi connectivity index (χ1n) is 3.57. The van der Waals surface area contributed by atoms with Crippen molar-refractivity contribution in [1.82, 2.24) is 4.98 Å². The lowest BCUT2D eigenvalue weighted by molar-refractivity contribution is 0.350. The Morgan fingerprint density at radius 3 is 3.00 bits per heavy atom. The summed E-state index contributed by atoms with van der Waals surface area (Å²) in [4.78, 5) is 4.00. The van der Waals surface area contributed by atoms with Gasteiger partial charge in [0.05, 0.1) is 0 Å². The molecule has 3 nitrogen and oxygen atoms in total. The van der Waals surface area contributed by atoms with Crippen LogP contribution in [-0.4, -0.2) is 16.7 Å². The highest BCUT2D eigenvalue weighted by atomic mass is 16.2. The summed E-state index contributed by atoms with van der Waals surface area (Å²) >= 11 is 0. The molecular weight excluding hydrogens is 152 g/mol. The van der Waals surface area contributed by atoms with Gasteiger partial charge in [-0.05, 0) is 24.5 Å². The molecule has 0 atom stereocenters. The van der Waals surface area contributed by atoms with E-state index in [1.54, 1.807) is 6.07 Å². The fraction of sp³-hybridized carbons (Fsp3) is 0.222. The molecule has 0 aliphatic carbocycles. The van der Waals surface area contributed by atoms with Crippen molar-refractivity contribution in [1.29, 1.82) is 0 Å². The molecule has 0 radical (unpaired) electrons. The van der Waals surface area contributed by atoms with Crippen LogP contribution in [0, 0.1) is 18.8 Å². The maximum absolute atomic E-state index is 8.46. The standard InChI is InChI=1S/C9H10N2O/c1-7-4-5-9(10)11-8(7)3-2-6-12/h4-5,12H,6H2,1H3,(H2,10,11). The Bertz CT molecular complexity index is 336. The minimum Gasteiger partial charge on any atom is -0.384 e. The van der Waals surface area contributed by atoms with Gasteiger partial charge in [0.1, 0.15) is 18.1 Å². The average molecular weight is 162 g/mol. The second kappa shape index (κ2) is 3.74. The Balaban J connectivity index is 3.05. The summed E-state index contributed by atoms with van der Waals surface area (Å²) in [6.45, 7) is 1.74. The van der Waals surface area contributed by atoms with E-state index in [2.05, 4.69) is 16.8 Å². The maximum atomic E-state index is 8.46. The second-order valence-electron chi connectivity index (χ2n) is 2.36. The molecule has 0 aliphatic rings. The lowest BCUT2D eigenvalue weighted by Gasteiger charge is -1.97. The first kappa shape index (κ1) is 8.57. The van der Waals surface area contributed by atoms with Crippen LogP contribution < -0.4 is 5.73 Å². The number of aliphatic hydroxyl groups excluding tert-OH is 1. The Labute approximate surface area is 71.2 Å². The first-order chi connectivity index (χ1) is 5.74. The van der Waals surface area contributed by atoms with Crippen LogP contribution in [0.4, 0.5) is 5.82 Å². The predicted molar refractivity (Wildman–Crippen MR) is 47.4 cm³/mol. The zero-order valence-electron chi connectivity index (χ0n) is 6.83. The van der Waals surface area contributed by atoms with Crippen molar-refractivity contribution in [2.75, 3.05) is 12.3 Å². The molecule has 1 heterocycles. The Hall–Kier alpha value is -1.53. The van der Waals surface area contributed by atoms with Crippen molar-refractivity contribution in [2.45, 2.75) is 6.92 Å². The molecule has 3 N–H and O–H groups in total. The number of hydrogen-bond acceptors (Lipinski definition) is 3. The molecule has 0 aromatic carbocycles. The SMILES string of the molecule is Cc1ccc(N)nc1C#CCO. The third kappa shape index (κ3) is 1.97. The predicted octanol–water partition coefficient (Wildman–Crippen LogP) is 0.316. The first-order valence-corrected chi connectivity index (χ1v) is 3.57. The van der Waals surface area contributed by atoms with Crippen LogP contribution in [0.3, 0.4) is 0 Å². The van der Waals surface area contributed by atoms with Gasteiger partial charge in [-0.15, -0.1) is 0 Å². The van der Waals surface area contributed by atoms with E-state index in [0.29, 0.717) is 11.5 Å². The van der Waals surface area contributed by atoms with Gasteiger partial charge in [0.15, 0.2) is 0 Å². The van der Waals surface area contributed by atoms with Crippen molar-refractivity contribution in [2.24, 2.45) is 0 Å². The van der Waals surface area contributed by atoms with Crippen molar-refractivity contribution in [3.8, 4) is 11.8 Å². The summed E-state index contributed by atoms with van der Waals surface area (Å²) in [6.07, 6.45) is 0. The maximum Gasteiger partial charge on any atom is 0.124 e. The zero-order valence-corrected chi connectivity index (χ0v) is 6.83. The molecule has 0 unspecified atom stereocenters. The number of rotatable bonds is 0. The molecule has 0 bridgehead atoms. The molecule has 62 valence electrons. The molecule has 12 heavy (non-hydrogen) atoms. The third-order valence-electron chi connectivity index (χ3n) is 1.40. The second-order valence-corrected chi connectivity index (χ2v) is 2.36. The monoisotopic (exact) mass is 162 g/mol. The van der Waals surface area contributed by atoms with E-state index in [9.17, 15) is 0 Å². The van der Waals surface area contributed by atoms with E-state index in [0.717, 1.165) is 5.56 Å². The van der Waals surface area contributed by atoms with Crippen LogP contribution in [0.15, 0.2) is 12.1 Å². The van der Waals surface area contributed by atoms with Gasteiger partial charge in [-0.1, -0.05) is 12.0 Å². The van der Waals surface area contributed by atoms with Crippen LogP contribution in [-0.2, 0) is 0 Å². The zero-order chi connectivity index (χ0) is 8.97. The van der Waals surface area contributed by atoms with Gasteiger partial charge in [0.25, 0.3) is 0 Å². The number of nitrogens with two attached hydrogens (primary N) is 1. The van der Waals surface area contributed by atoms with E-state index in [-0.39, 0.29) is 6.61 Å². The number of pyridine rings is 1. The quantitative estimate of drug-likeness (QED) is 0.540. The van der Waals surface area contributed by atoms with Crippen LogP contribution >= 0.6 is 0 Å². The molecular formula is C9H10N2O. The number of aromatic nitrogens is 1. The van der Waals surface area contributed by atoms with E-state index < -0.39 is 0 Å². The summed E-state index contributed by atoms with van der Waals surface area (Å²) in [5.41, 5.74) is 7.05. The number of aryl methyl sites for hydroxylation is 1. The van der Waals surface area contributed by atoms with E-state index >= 15 is 0 Å². The minimum atomic E-state index is -0.157. The minimum absolute atomic E-state index is 0.157. The Morgan fingerprint density at radius 2 is 2.33 bits per heavy atom. The third-order valence-corrected chi connectivity index (χ3v) is 1.40. The van der Waals surface area contributed by atoms with Crippen LogP contribution in [0.5, 0.6) is 0 Å². The molecule has 0 fully saturated rings. The largest absolute Gasteiger partial charge is 0.384 e. The molecule has 0 spiro atoms. The van der Waals surface area contributed by atoms with Gasteiger partial charge in [-0.2, -0.15) is 0 Å². The molecule has 1 rings (SSSR count). The van der Waals surface area contributed by atoms with Gasteiger partial charge in [-0.25, -0.2) is 4.98 Å². The van der Waals surface area contributed by atoms with E-state index in [1.807, 2.05) is 13.0 Å². The van der Waals surface area contributed by atoms with Gasteiger partial charge >= 0.3 is 0 Å². The highest BCUT2D eigenvalue weighted by Crippen LogP contribution is 2.05. The number of nitrogens with zero attached hydrogens (tertiary/aromatic N) is 1.